The van der Waals surface area contributed by atoms with Gasteiger partial charge in [-0.1, -0.05) is 22.0 Å². The van der Waals surface area contributed by atoms with Gasteiger partial charge in [0.2, 0.25) is 0 Å². The first-order valence-corrected chi connectivity index (χ1v) is 8.60. The number of fused-ring (bicyclic) bond motifs is 1. The van der Waals surface area contributed by atoms with Gasteiger partial charge in [0.05, 0.1) is 0 Å². The highest BCUT2D eigenvalue weighted by molar-refractivity contribution is 9.10. The van der Waals surface area contributed by atoms with Gasteiger partial charge in [-0.25, -0.2) is 4.79 Å². The molecule has 1 amide bonds. The minimum Gasteiger partial charge on any atom is -0.444 e. The van der Waals surface area contributed by atoms with Crippen molar-refractivity contribution in [1.82, 2.24) is 10.6 Å². The fourth-order valence-corrected chi connectivity index (χ4v) is 3.06. The SMILES string of the molecule is CC(C)(C)OC(=O)NCCNC1CCc2cc(Br)ccc2C1. The molecule has 0 aliphatic heterocycles. The summed E-state index contributed by atoms with van der Waals surface area (Å²) < 4.78 is 6.36. The van der Waals surface area contributed by atoms with Crippen molar-refractivity contribution in [3.05, 3.63) is 33.8 Å². The molecule has 1 aromatic carbocycles. The molecule has 0 saturated heterocycles. The van der Waals surface area contributed by atoms with Crippen LogP contribution in [-0.2, 0) is 17.6 Å². The van der Waals surface area contributed by atoms with Crippen LogP contribution < -0.4 is 10.6 Å². The van der Waals surface area contributed by atoms with Crippen LogP contribution in [0.3, 0.4) is 0 Å². The summed E-state index contributed by atoms with van der Waals surface area (Å²) in [6, 6.07) is 7.00. The van der Waals surface area contributed by atoms with Crippen molar-refractivity contribution in [3.63, 3.8) is 0 Å². The average molecular weight is 369 g/mol. The van der Waals surface area contributed by atoms with E-state index in [9.17, 15) is 4.79 Å². The number of hydrogen-bond donors (Lipinski definition) is 2. The Bertz CT molecular complexity index is 526. The van der Waals surface area contributed by atoms with Crippen molar-refractivity contribution >= 4 is 22.0 Å². The molecule has 0 aromatic heterocycles. The molecule has 5 heteroatoms. The van der Waals surface area contributed by atoms with Crippen molar-refractivity contribution in [2.75, 3.05) is 13.1 Å². The first kappa shape index (κ1) is 17.3. The predicted molar refractivity (Wildman–Crippen MR) is 92.2 cm³/mol. The number of amides is 1. The zero-order valence-corrected chi connectivity index (χ0v) is 15.1. The topological polar surface area (TPSA) is 50.4 Å². The number of hydrogen-bond acceptors (Lipinski definition) is 3. The zero-order chi connectivity index (χ0) is 16.2. The molecule has 0 fully saturated rings. The van der Waals surface area contributed by atoms with Crippen LogP contribution in [0.1, 0.15) is 38.3 Å². The molecule has 4 nitrogen and oxygen atoms in total. The quantitative estimate of drug-likeness (QED) is 0.800. The number of halogens is 1. The second-order valence-corrected chi connectivity index (χ2v) is 7.65. The maximum atomic E-state index is 11.5. The fourth-order valence-electron chi connectivity index (χ4n) is 2.65. The second kappa shape index (κ2) is 7.47. The van der Waals surface area contributed by atoms with Crippen LogP contribution in [0.25, 0.3) is 0 Å². The summed E-state index contributed by atoms with van der Waals surface area (Å²) in [6.07, 6.45) is 2.93. The van der Waals surface area contributed by atoms with Gasteiger partial charge in [-0.3, -0.25) is 0 Å². The molecule has 1 unspecified atom stereocenters. The number of alkyl carbamates (subject to hydrolysis) is 1. The Kier molecular flexibility index (Phi) is 5.87. The maximum Gasteiger partial charge on any atom is 0.407 e. The third kappa shape index (κ3) is 5.61. The van der Waals surface area contributed by atoms with Crippen LogP contribution >= 0.6 is 15.9 Å². The van der Waals surface area contributed by atoms with E-state index in [1.165, 1.54) is 11.1 Å². The molecule has 22 heavy (non-hydrogen) atoms. The van der Waals surface area contributed by atoms with E-state index < -0.39 is 5.60 Å². The van der Waals surface area contributed by atoms with E-state index in [1.807, 2.05) is 20.8 Å². The average Bonchev–Trinajstić information content (AvgIpc) is 2.41. The number of carbonyl (C=O) groups is 1. The normalized spacial score (nSPS) is 17.7. The van der Waals surface area contributed by atoms with Gasteiger partial charge in [0.15, 0.2) is 0 Å². The zero-order valence-electron chi connectivity index (χ0n) is 13.5. The number of nitrogens with one attached hydrogen (secondary N) is 2. The Morgan fingerprint density at radius 1 is 1.32 bits per heavy atom. The molecule has 0 bridgehead atoms. The Hall–Kier alpha value is -1.07. The monoisotopic (exact) mass is 368 g/mol. The standard InChI is InChI=1S/C17H25BrN2O2/c1-17(2,3)22-16(21)20-9-8-19-15-7-5-12-10-14(18)6-4-13(12)11-15/h4,6,10,15,19H,5,7-9,11H2,1-3H3,(H,20,21). The predicted octanol–water partition coefficient (Wildman–Crippen LogP) is 3.42. The van der Waals surface area contributed by atoms with Crippen molar-refractivity contribution in [2.45, 2.75) is 51.7 Å². The number of ether oxygens (including phenoxy) is 1. The molecule has 1 atom stereocenters. The molecular weight excluding hydrogens is 344 g/mol. The van der Waals surface area contributed by atoms with Crippen LogP contribution in [-0.4, -0.2) is 30.8 Å². The van der Waals surface area contributed by atoms with Gasteiger partial charge in [-0.05, 0) is 63.3 Å². The van der Waals surface area contributed by atoms with Crippen LogP contribution in [0.2, 0.25) is 0 Å². The van der Waals surface area contributed by atoms with Crippen LogP contribution in [0, 0.1) is 0 Å². The van der Waals surface area contributed by atoms with Gasteiger partial charge in [0.25, 0.3) is 0 Å². The lowest BCUT2D eigenvalue weighted by Gasteiger charge is -2.26. The molecule has 0 saturated carbocycles. The Morgan fingerprint density at radius 2 is 2.09 bits per heavy atom. The summed E-state index contributed by atoms with van der Waals surface area (Å²) in [5, 5.41) is 6.29. The minimum atomic E-state index is -0.446. The number of aryl methyl sites for hydroxylation is 1. The third-order valence-corrected chi connectivity index (χ3v) is 4.12. The molecule has 0 spiro atoms. The fraction of sp³-hybridized carbons (Fsp3) is 0.588. The van der Waals surface area contributed by atoms with Gasteiger partial charge in [0.1, 0.15) is 5.60 Å². The molecule has 1 aliphatic rings. The van der Waals surface area contributed by atoms with E-state index in [2.05, 4.69) is 44.8 Å². The molecule has 0 radical (unpaired) electrons. The van der Waals surface area contributed by atoms with Crippen molar-refractivity contribution in [3.8, 4) is 0 Å². The molecule has 0 heterocycles. The smallest absolute Gasteiger partial charge is 0.407 e. The van der Waals surface area contributed by atoms with Gasteiger partial charge in [-0.15, -0.1) is 0 Å². The van der Waals surface area contributed by atoms with Gasteiger partial charge in [0, 0.05) is 23.6 Å². The van der Waals surface area contributed by atoms with E-state index in [4.69, 9.17) is 4.74 Å². The lowest BCUT2D eigenvalue weighted by Crippen LogP contribution is -2.41. The van der Waals surface area contributed by atoms with Crippen molar-refractivity contribution in [1.29, 1.82) is 0 Å². The van der Waals surface area contributed by atoms with E-state index >= 15 is 0 Å². The summed E-state index contributed by atoms with van der Waals surface area (Å²) in [4.78, 5) is 11.5. The molecule has 2 N–H and O–H groups in total. The van der Waals surface area contributed by atoms with Gasteiger partial charge in [-0.2, -0.15) is 0 Å². The van der Waals surface area contributed by atoms with Crippen LogP contribution in [0.5, 0.6) is 0 Å². The first-order valence-electron chi connectivity index (χ1n) is 7.81. The molecule has 1 aromatic rings. The molecule has 122 valence electrons. The first-order chi connectivity index (χ1) is 10.3. The van der Waals surface area contributed by atoms with E-state index in [1.54, 1.807) is 0 Å². The van der Waals surface area contributed by atoms with Gasteiger partial charge < -0.3 is 15.4 Å². The maximum absolute atomic E-state index is 11.5. The van der Waals surface area contributed by atoms with E-state index in [0.29, 0.717) is 12.6 Å². The van der Waals surface area contributed by atoms with E-state index in [0.717, 1.165) is 30.3 Å². The molecular formula is C17H25BrN2O2. The lowest BCUT2D eigenvalue weighted by atomic mass is 9.88. The largest absolute Gasteiger partial charge is 0.444 e. The molecule has 2 rings (SSSR count). The number of rotatable bonds is 4. The lowest BCUT2D eigenvalue weighted by molar-refractivity contribution is 0.0528. The highest BCUT2D eigenvalue weighted by Crippen LogP contribution is 2.24. The van der Waals surface area contributed by atoms with Crippen molar-refractivity contribution in [2.24, 2.45) is 0 Å². The Morgan fingerprint density at radius 3 is 2.82 bits per heavy atom. The number of carbonyl (C=O) groups excluding carboxylic acids is 1. The minimum absolute atomic E-state index is 0.354. The summed E-state index contributed by atoms with van der Waals surface area (Å²) in [5.74, 6) is 0. The second-order valence-electron chi connectivity index (χ2n) is 6.74. The third-order valence-electron chi connectivity index (χ3n) is 3.62. The summed E-state index contributed by atoms with van der Waals surface area (Å²) >= 11 is 3.52. The van der Waals surface area contributed by atoms with Crippen LogP contribution in [0.15, 0.2) is 22.7 Å². The summed E-state index contributed by atoms with van der Waals surface area (Å²) in [6.45, 7) is 6.93. The Balaban J connectivity index is 1.69. The van der Waals surface area contributed by atoms with Gasteiger partial charge >= 0.3 is 6.09 Å². The Labute approximate surface area is 141 Å². The van der Waals surface area contributed by atoms with Crippen LogP contribution in [0.4, 0.5) is 4.79 Å². The highest BCUT2D eigenvalue weighted by Gasteiger charge is 2.18. The van der Waals surface area contributed by atoms with Crippen molar-refractivity contribution < 1.29 is 9.53 Å². The summed E-state index contributed by atoms with van der Waals surface area (Å²) in [7, 11) is 0. The highest BCUT2D eigenvalue weighted by atomic mass is 79.9. The van der Waals surface area contributed by atoms with E-state index in [-0.39, 0.29) is 6.09 Å². The number of benzene rings is 1. The summed E-state index contributed by atoms with van der Waals surface area (Å²) in [5.41, 5.74) is 2.42. The molecule has 1 aliphatic carbocycles.